The fourth-order valence-electron chi connectivity index (χ4n) is 1.65. The molecule has 0 radical (unpaired) electrons. The molecule has 0 heterocycles. The van der Waals surface area contributed by atoms with E-state index in [1.165, 1.54) is 0 Å². The Labute approximate surface area is 112 Å². The lowest BCUT2D eigenvalue weighted by atomic mass is 10.1. The Morgan fingerprint density at radius 2 is 1.58 bits per heavy atom. The third-order valence-electron chi connectivity index (χ3n) is 3.19. The molecule has 0 aromatic carbocycles. The van der Waals surface area contributed by atoms with E-state index in [9.17, 15) is 14.2 Å². The minimum absolute atomic E-state index is 0.0338. The SMILES string of the molecule is CCCC(C)N(C)CCC(O)(P(=O)(O)O)P(=O)(O)O. The van der Waals surface area contributed by atoms with Gasteiger partial charge in [-0.15, -0.1) is 0 Å². The average Bonchev–Trinajstić information content (AvgIpc) is 2.22. The Hall–Kier alpha value is 0.220. The van der Waals surface area contributed by atoms with Crippen molar-refractivity contribution in [2.75, 3.05) is 13.6 Å². The van der Waals surface area contributed by atoms with Gasteiger partial charge in [-0.25, -0.2) is 0 Å². The van der Waals surface area contributed by atoms with Gasteiger partial charge in [-0.2, -0.15) is 0 Å². The highest BCUT2D eigenvalue weighted by Gasteiger charge is 2.58. The maximum Gasteiger partial charge on any atom is 0.369 e. The Balaban J connectivity index is 4.91. The summed E-state index contributed by atoms with van der Waals surface area (Å²) in [5.41, 5.74) is 0. The Bertz CT molecular complexity index is 355. The van der Waals surface area contributed by atoms with Gasteiger partial charge in [0.1, 0.15) is 0 Å². The molecule has 0 amide bonds. The summed E-state index contributed by atoms with van der Waals surface area (Å²) in [6.45, 7) is 3.83. The largest absolute Gasteiger partial charge is 0.369 e. The molecule has 0 saturated carbocycles. The van der Waals surface area contributed by atoms with Crippen LogP contribution in [0.15, 0.2) is 0 Å². The van der Waals surface area contributed by atoms with E-state index in [0.29, 0.717) is 0 Å². The number of nitrogens with zero attached hydrogens (tertiary/aromatic N) is 1. The second-order valence-electron chi connectivity index (χ2n) is 4.73. The second-order valence-corrected chi connectivity index (χ2v) is 8.74. The highest BCUT2D eigenvalue weighted by Crippen LogP contribution is 2.68. The van der Waals surface area contributed by atoms with Crippen LogP contribution < -0.4 is 0 Å². The maximum atomic E-state index is 11.1. The zero-order chi connectivity index (χ0) is 15.5. The van der Waals surface area contributed by atoms with Crippen molar-refractivity contribution in [2.45, 2.75) is 44.2 Å². The van der Waals surface area contributed by atoms with Crippen molar-refractivity contribution < 1.29 is 33.8 Å². The summed E-state index contributed by atoms with van der Waals surface area (Å²) in [7, 11) is -9.02. The number of hydrogen-bond donors (Lipinski definition) is 5. The zero-order valence-electron chi connectivity index (χ0n) is 11.3. The van der Waals surface area contributed by atoms with Gasteiger partial charge in [-0.05, 0) is 20.4 Å². The van der Waals surface area contributed by atoms with E-state index >= 15 is 0 Å². The number of hydrogen-bond acceptors (Lipinski definition) is 4. The smallest absolute Gasteiger partial charge is 0.367 e. The quantitative estimate of drug-likeness (QED) is 0.408. The van der Waals surface area contributed by atoms with Crippen molar-refractivity contribution in [1.82, 2.24) is 4.90 Å². The van der Waals surface area contributed by atoms with Gasteiger partial charge < -0.3 is 29.6 Å². The number of rotatable bonds is 8. The van der Waals surface area contributed by atoms with Crippen LogP contribution in [0.25, 0.3) is 0 Å². The third kappa shape index (κ3) is 4.92. The summed E-state index contributed by atoms with van der Waals surface area (Å²) in [5, 5.41) is 6.37. The van der Waals surface area contributed by atoms with Crippen molar-refractivity contribution >= 4 is 15.2 Å². The number of aliphatic hydroxyl groups is 1. The highest BCUT2D eigenvalue weighted by molar-refractivity contribution is 7.72. The standard InChI is InChI=1S/C9H23NO7P2/c1-4-5-8(2)10(3)7-6-9(11,18(12,13)14)19(15,16)17/h8,11H,4-7H2,1-3H3,(H2,12,13,14)(H2,15,16,17). The lowest BCUT2D eigenvalue weighted by Gasteiger charge is -2.32. The van der Waals surface area contributed by atoms with Crippen LogP contribution in [0.4, 0.5) is 0 Å². The van der Waals surface area contributed by atoms with Gasteiger partial charge in [-0.3, -0.25) is 9.13 Å². The Morgan fingerprint density at radius 3 is 1.89 bits per heavy atom. The van der Waals surface area contributed by atoms with Crippen molar-refractivity contribution in [1.29, 1.82) is 0 Å². The molecule has 0 aliphatic heterocycles. The molecule has 0 aliphatic rings. The van der Waals surface area contributed by atoms with Crippen LogP contribution in [0.2, 0.25) is 0 Å². The Morgan fingerprint density at radius 1 is 1.16 bits per heavy atom. The molecule has 0 fully saturated rings. The molecule has 0 saturated heterocycles. The molecule has 19 heavy (non-hydrogen) atoms. The van der Waals surface area contributed by atoms with Crippen molar-refractivity contribution in [2.24, 2.45) is 0 Å². The lowest BCUT2D eigenvalue weighted by Crippen LogP contribution is -2.37. The van der Waals surface area contributed by atoms with E-state index in [-0.39, 0.29) is 12.6 Å². The fourth-order valence-corrected chi connectivity index (χ4v) is 3.79. The first kappa shape index (κ1) is 19.2. The maximum absolute atomic E-state index is 11.1. The normalized spacial score (nSPS) is 15.8. The molecule has 1 atom stereocenters. The molecule has 1 unspecified atom stereocenters. The Kier molecular flexibility index (Phi) is 6.86. The molecular formula is C9H23NO7P2. The first-order valence-electron chi connectivity index (χ1n) is 5.90. The van der Waals surface area contributed by atoms with Crippen LogP contribution in [-0.4, -0.2) is 54.3 Å². The molecular weight excluding hydrogens is 296 g/mol. The van der Waals surface area contributed by atoms with Crippen LogP contribution in [0.5, 0.6) is 0 Å². The van der Waals surface area contributed by atoms with Crippen molar-refractivity contribution in [3.05, 3.63) is 0 Å². The lowest BCUT2D eigenvalue weighted by molar-refractivity contribution is 0.105. The van der Waals surface area contributed by atoms with Gasteiger partial charge >= 0.3 is 15.2 Å². The third-order valence-corrected chi connectivity index (χ3v) is 7.07. The van der Waals surface area contributed by atoms with Crippen LogP contribution in [0.1, 0.15) is 33.1 Å². The topological polar surface area (TPSA) is 139 Å². The van der Waals surface area contributed by atoms with Crippen LogP contribution in [0.3, 0.4) is 0 Å². The molecule has 116 valence electrons. The van der Waals surface area contributed by atoms with Gasteiger partial charge in [0.15, 0.2) is 0 Å². The molecule has 0 bridgehead atoms. The summed E-state index contributed by atoms with van der Waals surface area (Å²) in [6, 6.07) is 0.0859. The van der Waals surface area contributed by atoms with E-state index in [1.807, 2.05) is 13.8 Å². The predicted octanol–water partition coefficient (Wildman–Crippen LogP) is 0.498. The molecule has 5 N–H and O–H groups in total. The van der Waals surface area contributed by atoms with Gasteiger partial charge in [0.05, 0.1) is 0 Å². The zero-order valence-corrected chi connectivity index (χ0v) is 13.1. The van der Waals surface area contributed by atoms with Gasteiger partial charge in [-0.1, -0.05) is 13.3 Å². The summed E-state index contributed by atoms with van der Waals surface area (Å²) in [6.07, 6.45) is 1.04. The van der Waals surface area contributed by atoms with E-state index in [1.54, 1.807) is 11.9 Å². The molecule has 0 aromatic rings. The van der Waals surface area contributed by atoms with Crippen LogP contribution in [0, 0.1) is 0 Å². The average molecular weight is 319 g/mol. The minimum Gasteiger partial charge on any atom is -0.367 e. The van der Waals surface area contributed by atoms with Crippen molar-refractivity contribution in [3.8, 4) is 0 Å². The van der Waals surface area contributed by atoms with E-state index in [4.69, 9.17) is 19.6 Å². The van der Waals surface area contributed by atoms with Gasteiger partial charge in [0.25, 0.3) is 5.08 Å². The van der Waals surface area contributed by atoms with Crippen LogP contribution >= 0.6 is 15.2 Å². The van der Waals surface area contributed by atoms with E-state index in [0.717, 1.165) is 12.8 Å². The minimum atomic E-state index is -5.35. The molecule has 8 nitrogen and oxygen atoms in total. The second kappa shape index (κ2) is 6.78. The van der Waals surface area contributed by atoms with Crippen LogP contribution in [-0.2, 0) is 9.13 Å². The van der Waals surface area contributed by atoms with E-state index in [2.05, 4.69) is 0 Å². The fraction of sp³-hybridized carbons (Fsp3) is 1.00. The molecule has 0 rings (SSSR count). The van der Waals surface area contributed by atoms with E-state index < -0.39 is 26.7 Å². The molecule has 0 aromatic heterocycles. The summed E-state index contributed by atoms with van der Waals surface area (Å²) in [5.74, 6) is 0. The molecule has 0 spiro atoms. The van der Waals surface area contributed by atoms with Gasteiger partial charge in [0.2, 0.25) is 0 Å². The highest BCUT2D eigenvalue weighted by atomic mass is 31.2. The molecule has 10 heteroatoms. The summed E-state index contributed by atoms with van der Waals surface area (Å²) in [4.78, 5) is 37.6. The van der Waals surface area contributed by atoms with Crippen molar-refractivity contribution in [3.63, 3.8) is 0 Å². The molecule has 0 aliphatic carbocycles. The summed E-state index contributed by atoms with van der Waals surface area (Å²) < 4.78 is 22.3. The first-order chi connectivity index (χ1) is 8.37. The summed E-state index contributed by atoms with van der Waals surface area (Å²) >= 11 is 0. The monoisotopic (exact) mass is 319 g/mol. The first-order valence-corrected chi connectivity index (χ1v) is 9.13. The van der Waals surface area contributed by atoms with Gasteiger partial charge in [0, 0.05) is 19.0 Å². The predicted molar refractivity (Wildman–Crippen MR) is 70.7 cm³/mol.